The van der Waals surface area contributed by atoms with Gasteiger partial charge in [0.1, 0.15) is 5.15 Å². The number of hydrogen-bond acceptors (Lipinski definition) is 2. The van der Waals surface area contributed by atoms with E-state index in [1.165, 1.54) is 0 Å². The molecule has 0 aliphatic carbocycles. The fraction of sp³-hybridized carbons (Fsp3) is 0.400. The first-order valence-electron chi connectivity index (χ1n) is 6.43. The Morgan fingerprint density at radius 1 is 1.30 bits per heavy atom. The van der Waals surface area contributed by atoms with Crippen LogP contribution >= 0.6 is 27.5 Å². The summed E-state index contributed by atoms with van der Waals surface area (Å²) in [6.07, 6.45) is 1.06. The fourth-order valence-corrected chi connectivity index (χ4v) is 2.87. The molecule has 108 valence electrons. The first kappa shape index (κ1) is 15.5. The van der Waals surface area contributed by atoms with E-state index < -0.39 is 5.60 Å². The van der Waals surface area contributed by atoms with E-state index in [2.05, 4.69) is 21.0 Å². The Labute approximate surface area is 132 Å². The number of benzene rings is 1. The number of halogens is 2. The minimum Gasteiger partial charge on any atom is -0.389 e. The Bertz CT molecular complexity index is 605. The predicted molar refractivity (Wildman–Crippen MR) is 85.1 cm³/mol. The number of nitrogens with zero attached hydrogens (tertiary/aromatic N) is 2. The van der Waals surface area contributed by atoms with Gasteiger partial charge in [-0.2, -0.15) is 5.10 Å². The summed E-state index contributed by atoms with van der Waals surface area (Å²) >= 11 is 9.64. The average molecular weight is 358 g/mol. The van der Waals surface area contributed by atoms with Gasteiger partial charge in [0.05, 0.1) is 11.3 Å². The highest BCUT2D eigenvalue weighted by molar-refractivity contribution is 9.10. The summed E-state index contributed by atoms with van der Waals surface area (Å²) in [4.78, 5) is 0. The lowest BCUT2D eigenvalue weighted by molar-refractivity contribution is 0.0607. The van der Waals surface area contributed by atoms with Crippen LogP contribution in [0.3, 0.4) is 0 Å². The topological polar surface area (TPSA) is 38.0 Å². The van der Waals surface area contributed by atoms with Crippen LogP contribution in [0.25, 0.3) is 0 Å². The van der Waals surface area contributed by atoms with Gasteiger partial charge >= 0.3 is 0 Å². The summed E-state index contributed by atoms with van der Waals surface area (Å²) in [5, 5.41) is 15.5. The molecule has 0 bridgehead atoms. The number of rotatable bonds is 4. The molecule has 2 aromatic rings. The van der Waals surface area contributed by atoms with Crippen LogP contribution in [-0.2, 0) is 19.9 Å². The SMILES string of the molecule is Cc1nn(C)c(Cl)c1CC(C)(O)Cc1ccc(Br)cc1. The number of hydrogen-bond donors (Lipinski definition) is 1. The standard InChI is InChI=1S/C15H18BrClN2O/c1-10-13(14(17)19(3)18-10)9-15(2,20)8-11-4-6-12(16)7-5-11/h4-7,20H,8-9H2,1-3H3. The molecule has 1 aromatic heterocycles. The van der Waals surface area contributed by atoms with Crippen molar-refractivity contribution < 1.29 is 5.11 Å². The van der Waals surface area contributed by atoms with Gasteiger partial charge in [0, 0.05) is 29.9 Å². The molecule has 0 amide bonds. The largest absolute Gasteiger partial charge is 0.389 e. The molecular weight excluding hydrogens is 340 g/mol. The molecule has 1 aromatic carbocycles. The van der Waals surface area contributed by atoms with Crippen molar-refractivity contribution in [3.63, 3.8) is 0 Å². The van der Waals surface area contributed by atoms with Crippen molar-refractivity contribution in [3.05, 3.63) is 50.7 Å². The highest BCUT2D eigenvalue weighted by atomic mass is 79.9. The maximum Gasteiger partial charge on any atom is 0.130 e. The van der Waals surface area contributed by atoms with Gasteiger partial charge < -0.3 is 5.11 Å². The molecule has 0 aliphatic heterocycles. The second-order valence-electron chi connectivity index (χ2n) is 5.46. The highest BCUT2D eigenvalue weighted by Gasteiger charge is 2.25. The molecule has 20 heavy (non-hydrogen) atoms. The summed E-state index contributed by atoms with van der Waals surface area (Å²) in [7, 11) is 1.81. The number of aromatic nitrogens is 2. The van der Waals surface area contributed by atoms with E-state index in [1.54, 1.807) is 4.68 Å². The molecular formula is C15H18BrClN2O. The minimum absolute atomic E-state index is 0.488. The molecule has 1 atom stereocenters. The van der Waals surface area contributed by atoms with E-state index in [0.29, 0.717) is 18.0 Å². The van der Waals surface area contributed by atoms with E-state index >= 15 is 0 Å². The normalized spacial score (nSPS) is 14.3. The maximum atomic E-state index is 10.6. The van der Waals surface area contributed by atoms with Crippen LogP contribution in [-0.4, -0.2) is 20.5 Å². The second kappa shape index (κ2) is 5.88. The van der Waals surface area contributed by atoms with E-state index in [-0.39, 0.29) is 0 Å². The van der Waals surface area contributed by atoms with E-state index in [0.717, 1.165) is 21.3 Å². The summed E-state index contributed by atoms with van der Waals surface area (Å²) in [6.45, 7) is 3.74. The average Bonchev–Trinajstić information content (AvgIpc) is 2.58. The molecule has 2 rings (SSSR count). The Balaban J connectivity index is 2.16. The highest BCUT2D eigenvalue weighted by Crippen LogP contribution is 2.26. The van der Waals surface area contributed by atoms with Crippen molar-refractivity contribution in [2.45, 2.75) is 32.3 Å². The Morgan fingerprint density at radius 2 is 1.90 bits per heavy atom. The van der Waals surface area contributed by atoms with Gasteiger partial charge in [-0.1, -0.05) is 39.7 Å². The van der Waals surface area contributed by atoms with Crippen LogP contribution < -0.4 is 0 Å². The lowest BCUT2D eigenvalue weighted by Crippen LogP contribution is -2.30. The molecule has 0 radical (unpaired) electrons. The molecule has 1 N–H and O–H groups in total. The van der Waals surface area contributed by atoms with Crippen molar-refractivity contribution in [1.29, 1.82) is 0 Å². The zero-order chi connectivity index (χ0) is 14.9. The third-order valence-corrected chi connectivity index (χ3v) is 4.33. The quantitative estimate of drug-likeness (QED) is 0.906. The zero-order valence-corrected chi connectivity index (χ0v) is 14.2. The zero-order valence-electron chi connectivity index (χ0n) is 11.8. The smallest absolute Gasteiger partial charge is 0.130 e. The second-order valence-corrected chi connectivity index (χ2v) is 6.73. The summed E-state index contributed by atoms with van der Waals surface area (Å²) in [6, 6.07) is 7.98. The molecule has 0 aliphatic rings. The fourth-order valence-electron chi connectivity index (χ4n) is 2.36. The maximum absolute atomic E-state index is 10.6. The van der Waals surface area contributed by atoms with Gasteiger partial charge in [-0.3, -0.25) is 4.68 Å². The molecule has 0 spiro atoms. The van der Waals surface area contributed by atoms with Crippen molar-refractivity contribution >= 4 is 27.5 Å². The van der Waals surface area contributed by atoms with Crippen molar-refractivity contribution in [1.82, 2.24) is 9.78 Å². The van der Waals surface area contributed by atoms with Gasteiger partial charge in [0.25, 0.3) is 0 Å². The van der Waals surface area contributed by atoms with Gasteiger partial charge in [-0.25, -0.2) is 0 Å². The van der Waals surface area contributed by atoms with Crippen molar-refractivity contribution in [2.75, 3.05) is 0 Å². The number of aryl methyl sites for hydroxylation is 2. The molecule has 1 unspecified atom stereocenters. The number of aliphatic hydroxyl groups is 1. The molecule has 1 heterocycles. The lowest BCUT2D eigenvalue weighted by Gasteiger charge is -2.23. The van der Waals surface area contributed by atoms with Crippen molar-refractivity contribution in [3.8, 4) is 0 Å². The molecule has 0 fully saturated rings. The third-order valence-electron chi connectivity index (χ3n) is 3.33. The molecule has 3 nitrogen and oxygen atoms in total. The van der Waals surface area contributed by atoms with Gasteiger partial charge in [-0.05, 0) is 31.5 Å². The first-order valence-corrected chi connectivity index (χ1v) is 7.60. The van der Waals surface area contributed by atoms with Crippen LogP contribution in [0, 0.1) is 6.92 Å². The summed E-state index contributed by atoms with van der Waals surface area (Å²) < 4.78 is 2.68. The Morgan fingerprint density at radius 3 is 2.40 bits per heavy atom. The monoisotopic (exact) mass is 356 g/mol. The van der Waals surface area contributed by atoms with E-state index in [9.17, 15) is 5.11 Å². The minimum atomic E-state index is -0.856. The van der Waals surface area contributed by atoms with Gasteiger partial charge in [0.15, 0.2) is 0 Å². The van der Waals surface area contributed by atoms with E-state index in [4.69, 9.17) is 11.6 Å². The van der Waals surface area contributed by atoms with Gasteiger partial charge in [-0.15, -0.1) is 0 Å². The van der Waals surface area contributed by atoms with Gasteiger partial charge in [0.2, 0.25) is 0 Å². The molecule has 5 heteroatoms. The Kier molecular flexibility index (Phi) is 4.57. The first-order chi connectivity index (χ1) is 9.28. The van der Waals surface area contributed by atoms with E-state index in [1.807, 2.05) is 45.2 Å². The molecule has 0 saturated heterocycles. The third kappa shape index (κ3) is 3.62. The lowest BCUT2D eigenvalue weighted by atomic mass is 9.90. The summed E-state index contributed by atoms with van der Waals surface area (Å²) in [5.41, 5.74) is 2.02. The van der Waals surface area contributed by atoms with Crippen LogP contribution in [0.15, 0.2) is 28.7 Å². The Hall–Kier alpha value is -0.840. The van der Waals surface area contributed by atoms with Crippen LogP contribution in [0.5, 0.6) is 0 Å². The van der Waals surface area contributed by atoms with Crippen molar-refractivity contribution in [2.24, 2.45) is 7.05 Å². The summed E-state index contributed by atoms with van der Waals surface area (Å²) in [5.74, 6) is 0. The van der Waals surface area contributed by atoms with Crippen LogP contribution in [0.1, 0.15) is 23.7 Å². The molecule has 0 saturated carbocycles. The van der Waals surface area contributed by atoms with Crippen LogP contribution in [0.4, 0.5) is 0 Å². The predicted octanol–water partition coefficient (Wildman–Crippen LogP) is 3.68. The van der Waals surface area contributed by atoms with Crippen LogP contribution in [0.2, 0.25) is 5.15 Å².